The topological polar surface area (TPSA) is 26.3 Å². The van der Waals surface area contributed by atoms with Gasteiger partial charge in [-0.2, -0.15) is 0 Å². The highest BCUT2D eigenvalue weighted by molar-refractivity contribution is 5.88. The van der Waals surface area contributed by atoms with Crippen molar-refractivity contribution in [1.82, 2.24) is 0 Å². The number of hydrogen-bond donors (Lipinski definition) is 0. The Morgan fingerprint density at radius 2 is 1.59 bits per heavy atom. The summed E-state index contributed by atoms with van der Waals surface area (Å²) < 4.78 is 5.21. The van der Waals surface area contributed by atoms with Crippen LogP contribution in [0.2, 0.25) is 0 Å². The lowest BCUT2D eigenvalue weighted by Crippen LogP contribution is -2.08. The van der Waals surface area contributed by atoms with Crippen LogP contribution in [0.15, 0.2) is 11.6 Å². The molecule has 0 amide bonds. The highest BCUT2D eigenvalue weighted by Crippen LogP contribution is 2.08. The summed E-state index contributed by atoms with van der Waals surface area (Å²) in [6, 6.07) is 0. The number of allylic oxidation sites excluding steroid dienone is 1. The number of rotatable bonds is 10. The molecule has 0 bridgehead atoms. The van der Waals surface area contributed by atoms with E-state index in [-0.39, 0.29) is 5.97 Å². The van der Waals surface area contributed by atoms with Gasteiger partial charge in [0.05, 0.1) is 6.61 Å². The molecule has 0 saturated carbocycles. The molecule has 0 unspecified atom stereocenters. The summed E-state index contributed by atoms with van der Waals surface area (Å²) in [5, 5.41) is 0. The van der Waals surface area contributed by atoms with E-state index >= 15 is 0 Å². The van der Waals surface area contributed by atoms with Crippen molar-refractivity contribution in [2.45, 2.75) is 72.1 Å². The van der Waals surface area contributed by atoms with E-state index in [4.69, 9.17) is 4.74 Å². The van der Waals surface area contributed by atoms with Crippen LogP contribution in [0.25, 0.3) is 0 Å². The summed E-state index contributed by atoms with van der Waals surface area (Å²) in [4.78, 5) is 11.5. The zero-order valence-corrected chi connectivity index (χ0v) is 11.8. The van der Waals surface area contributed by atoms with Crippen LogP contribution in [0, 0.1) is 0 Å². The Kier molecular flexibility index (Phi) is 11.1. The lowest BCUT2D eigenvalue weighted by atomic mass is 10.1. The minimum absolute atomic E-state index is 0.138. The van der Waals surface area contributed by atoms with Gasteiger partial charge in [-0.05, 0) is 19.8 Å². The molecule has 0 atom stereocenters. The SMILES string of the molecule is CC=C(CC)C(=O)OCCCCCCCCC. The molecule has 0 spiro atoms. The van der Waals surface area contributed by atoms with Gasteiger partial charge < -0.3 is 4.74 Å². The fourth-order valence-corrected chi connectivity index (χ4v) is 1.78. The summed E-state index contributed by atoms with van der Waals surface area (Å²) in [5.74, 6) is -0.138. The van der Waals surface area contributed by atoms with Crippen molar-refractivity contribution < 1.29 is 9.53 Å². The molecule has 0 radical (unpaired) electrons. The van der Waals surface area contributed by atoms with Gasteiger partial charge in [0.2, 0.25) is 0 Å². The summed E-state index contributed by atoms with van der Waals surface area (Å²) in [7, 11) is 0. The molecule has 0 rings (SSSR count). The second-order valence-electron chi connectivity index (χ2n) is 4.42. The fourth-order valence-electron chi connectivity index (χ4n) is 1.78. The first kappa shape index (κ1) is 16.2. The molecular formula is C15H28O2. The highest BCUT2D eigenvalue weighted by Gasteiger charge is 2.06. The Hall–Kier alpha value is -0.790. The van der Waals surface area contributed by atoms with Crippen molar-refractivity contribution in [2.24, 2.45) is 0 Å². The van der Waals surface area contributed by atoms with Crippen molar-refractivity contribution in [2.75, 3.05) is 6.61 Å². The number of ether oxygens (including phenoxy) is 1. The van der Waals surface area contributed by atoms with Crippen LogP contribution in [0.4, 0.5) is 0 Å². The summed E-state index contributed by atoms with van der Waals surface area (Å²) in [5.41, 5.74) is 0.785. The van der Waals surface area contributed by atoms with Gasteiger partial charge in [0.25, 0.3) is 0 Å². The average molecular weight is 240 g/mol. The van der Waals surface area contributed by atoms with E-state index < -0.39 is 0 Å². The summed E-state index contributed by atoms with van der Waals surface area (Å²) >= 11 is 0. The first-order chi connectivity index (χ1) is 8.26. The van der Waals surface area contributed by atoms with Gasteiger partial charge in [0.1, 0.15) is 0 Å². The fraction of sp³-hybridized carbons (Fsp3) is 0.800. The Bertz CT molecular complexity index is 219. The number of hydrogen-bond acceptors (Lipinski definition) is 2. The third kappa shape index (κ3) is 8.96. The molecule has 0 aromatic rings. The van der Waals surface area contributed by atoms with Gasteiger partial charge in [-0.3, -0.25) is 0 Å². The maximum absolute atomic E-state index is 11.5. The second kappa shape index (κ2) is 11.7. The molecule has 2 heteroatoms. The third-order valence-electron chi connectivity index (χ3n) is 2.97. The van der Waals surface area contributed by atoms with Crippen LogP contribution in [0.5, 0.6) is 0 Å². The van der Waals surface area contributed by atoms with Crippen LogP contribution in [0.1, 0.15) is 72.1 Å². The highest BCUT2D eigenvalue weighted by atomic mass is 16.5. The molecule has 0 aliphatic heterocycles. The van der Waals surface area contributed by atoms with Gasteiger partial charge in [-0.25, -0.2) is 4.79 Å². The van der Waals surface area contributed by atoms with Crippen molar-refractivity contribution in [1.29, 1.82) is 0 Å². The standard InChI is InChI=1S/C15H28O2/c1-4-7-8-9-10-11-12-13-17-15(16)14(5-2)6-3/h5H,4,6-13H2,1-3H3. The van der Waals surface area contributed by atoms with E-state index in [9.17, 15) is 4.79 Å². The number of carbonyl (C=O) groups is 1. The number of carbonyl (C=O) groups excluding carboxylic acids is 1. The maximum Gasteiger partial charge on any atom is 0.333 e. The predicted octanol–water partition coefficient (Wildman–Crippen LogP) is 4.64. The van der Waals surface area contributed by atoms with E-state index in [0.717, 1.165) is 18.4 Å². The van der Waals surface area contributed by atoms with E-state index in [1.807, 2.05) is 19.9 Å². The van der Waals surface area contributed by atoms with Gasteiger partial charge in [0, 0.05) is 5.57 Å². The van der Waals surface area contributed by atoms with Crippen molar-refractivity contribution in [3.05, 3.63) is 11.6 Å². The quantitative estimate of drug-likeness (QED) is 0.316. The maximum atomic E-state index is 11.5. The Balaban J connectivity index is 3.36. The first-order valence-corrected chi connectivity index (χ1v) is 7.08. The minimum Gasteiger partial charge on any atom is -0.462 e. The molecule has 0 heterocycles. The smallest absolute Gasteiger partial charge is 0.333 e. The molecule has 0 aromatic carbocycles. The second-order valence-corrected chi connectivity index (χ2v) is 4.42. The number of unbranched alkanes of at least 4 members (excludes halogenated alkanes) is 6. The largest absolute Gasteiger partial charge is 0.462 e. The molecule has 0 aliphatic carbocycles. The van der Waals surface area contributed by atoms with E-state index in [1.54, 1.807) is 0 Å². The molecule has 100 valence electrons. The van der Waals surface area contributed by atoms with E-state index in [2.05, 4.69) is 6.92 Å². The molecule has 0 fully saturated rings. The monoisotopic (exact) mass is 240 g/mol. The average Bonchev–Trinajstić information content (AvgIpc) is 2.34. The summed E-state index contributed by atoms with van der Waals surface area (Å²) in [6.45, 7) is 6.66. The summed E-state index contributed by atoms with van der Waals surface area (Å²) in [6.07, 6.45) is 11.3. The third-order valence-corrected chi connectivity index (χ3v) is 2.97. The van der Waals surface area contributed by atoms with Gasteiger partial charge in [0.15, 0.2) is 0 Å². The zero-order valence-electron chi connectivity index (χ0n) is 11.8. The van der Waals surface area contributed by atoms with Crippen molar-refractivity contribution in [3.8, 4) is 0 Å². The van der Waals surface area contributed by atoms with E-state index in [1.165, 1.54) is 38.5 Å². The van der Waals surface area contributed by atoms with Crippen LogP contribution < -0.4 is 0 Å². The normalized spacial score (nSPS) is 11.6. The Morgan fingerprint density at radius 1 is 1.00 bits per heavy atom. The van der Waals surface area contributed by atoms with Crippen LogP contribution >= 0.6 is 0 Å². The molecule has 2 nitrogen and oxygen atoms in total. The van der Waals surface area contributed by atoms with Gasteiger partial charge >= 0.3 is 5.97 Å². The Morgan fingerprint density at radius 3 is 2.12 bits per heavy atom. The van der Waals surface area contributed by atoms with Crippen LogP contribution in [-0.2, 0) is 9.53 Å². The van der Waals surface area contributed by atoms with Gasteiger partial charge in [-0.15, -0.1) is 0 Å². The van der Waals surface area contributed by atoms with Gasteiger partial charge in [-0.1, -0.05) is 58.4 Å². The van der Waals surface area contributed by atoms with Crippen molar-refractivity contribution in [3.63, 3.8) is 0 Å². The predicted molar refractivity (Wildman–Crippen MR) is 73.0 cm³/mol. The van der Waals surface area contributed by atoms with Crippen LogP contribution in [0.3, 0.4) is 0 Å². The molecule has 0 aliphatic rings. The Labute approximate surface area is 106 Å². The van der Waals surface area contributed by atoms with E-state index in [0.29, 0.717) is 6.61 Å². The molecule has 0 aromatic heterocycles. The first-order valence-electron chi connectivity index (χ1n) is 7.08. The van der Waals surface area contributed by atoms with Crippen LogP contribution in [-0.4, -0.2) is 12.6 Å². The molecule has 0 saturated heterocycles. The zero-order chi connectivity index (χ0) is 12.9. The lowest BCUT2D eigenvalue weighted by Gasteiger charge is -2.06. The van der Waals surface area contributed by atoms with Crippen molar-refractivity contribution >= 4 is 5.97 Å². The molecule has 0 N–H and O–H groups in total. The minimum atomic E-state index is -0.138. The molecule has 17 heavy (non-hydrogen) atoms. The lowest BCUT2D eigenvalue weighted by molar-refractivity contribution is -0.139. The number of esters is 1. The molecular weight excluding hydrogens is 212 g/mol.